The Labute approximate surface area is 209 Å². The van der Waals surface area contributed by atoms with E-state index in [1.54, 1.807) is 31.2 Å². The first kappa shape index (κ1) is 24.7. The summed E-state index contributed by atoms with van der Waals surface area (Å²) < 4.78 is 68.5. The molecule has 0 spiro atoms. The number of carbonyl (C=O) groups is 1. The lowest BCUT2D eigenvalue weighted by Gasteiger charge is -2.11. The van der Waals surface area contributed by atoms with E-state index in [-0.39, 0.29) is 29.0 Å². The Morgan fingerprint density at radius 2 is 1.35 bits per heavy atom. The number of aliphatic hydroxyl groups excluding tert-OH is 1. The molecule has 0 radical (unpaired) electrons. The summed E-state index contributed by atoms with van der Waals surface area (Å²) >= 11 is 0. The topological polar surface area (TPSA) is 59.1 Å². The van der Waals surface area contributed by atoms with Crippen LogP contribution in [0.2, 0.25) is 0 Å². The molecule has 5 rings (SSSR count). The number of aliphatic hydroxyl groups is 1. The van der Waals surface area contributed by atoms with Crippen molar-refractivity contribution in [2.45, 2.75) is 19.1 Å². The maximum absolute atomic E-state index is 15.0. The Morgan fingerprint density at radius 1 is 0.811 bits per heavy atom. The van der Waals surface area contributed by atoms with E-state index < -0.39 is 47.0 Å². The lowest BCUT2D eigenvalue weighted by atomic mass is 9.97. The number of halogens is 4. The zero-order valence-electron chi connectivity index (χ0n) is 19.5. The molecule has 37 heavy (non-hydrogen) atoms. The van der Waals surface area contributed by atoms with Crippen LogP contribution in [0.1, 0.15) is 40.6 Å². The zero-order chi connectivity index (χ0) is 26.3. The normalized spacial score (nSPS) is 15.4. The predicted octanol–water partition coefficient (Wildman–Crippen LogP) is 6.92. The molecule has 4 aromatic carbocycles. The summed E-state index contributed by atoms with van der Waals surface area (Å²) in [5.41, 5.74) is 0.948. The van der Waals surface area contributed by atoms with Crippen LogP contribution in [0.15, 0.2) is 72.8 Å². The molecule has 0 aliphatic carbocycles. The van der Waals surface area contributed by atoms with E-state index in [1.165, 1.54) is 42.5 Å². The SMILES string of the molecule is CC(O)c1ccc(-c2ccc(-c3ccc(OC(=O)c4ccc(C5CO5)c(F)c4F)cc3)c(F)c2F)cc1. The first-order valence-electron chi connectivity index (χ1n) is 11.4. The van der Waals surface area contributed by atoms with Gasteiger partial charge in [-0.2, -0.15) is 0 Å². The van der Waals surface area contributed by atoms with Gasteiger partial charge < -0.3 is 14.6 Å². The van der Waals surface area contributed by atoms with E-state index in [2.05, 4.69) is 0 Å². The maximum Gasteiger partial charge on any atom is 0.346 e. The van der Waals surface area contributed by atoms with Gasteiger partial charge in [-0.25, -0.2) is 22.4 Å². The minimum atomic E-state index is -1.33. The molecule has 2 unspecified atom stereocenters. The van der Waals surface area contributed by atoms with Crippen molar-refractivity contribution in [3.8, 4) is 28.0 Å². The van der Waals surface area contributed by atoms with Crippen molar-refractivity contribution < 1.29 is 36.9 Å². The molecular weight excluding hydrogens is 488 g/mol. The summed E-state index contributed by atoms with van der Waals surface area (Å²) in [4.78, 5) is 12.4. The molecule has 4 nitrogen and oxygen atoms in total. The summed E-state index contributed by atoms with van der Waals surface area (Å²) in [5.74, 6) is -5.66. The molecule has 0 amide bonds. The molecule has 1 N–H and O–H groups in total. The monoisotopic (exact) mass is 508 g/mol. The molecule has 8 heteroatoms. The third-order valence-electron chi connectivity index (χ3n) is 6.17. The van der Waals surface area contributed by atoms with E-state index in [9.17, 15) is 27.5 Å². The standard InChI is InChI=1S/C29H20F4O4/c1-15(34)16-2-4-17(5-3-16)20-10-11-21(26(31)25(20)30)18-6-8-19(9-7-18)37-29(35)23-13-12-22(24-14-36-24)27(32)28(23)33/h2-13,15,24,34H,14H2,1H3. The van der Waals surface area contributed by atoms with Gasteiger partial charge in [-0.1, -0.05) is 54.6 Å². The van der Waals surface area contributed by atoms with Crippen LogP contribution < -0.4 is 4.74 Å². The molecule has 0 bridgehead atoms. The number of epoxide rings is 1. The Bertz CT molecular complexity index is 1480. The van der Waals surface area contributed by atoms with E-state index in [0.717, 1.165) is 6.07 Å². The largest absolute Gasteiger partial charge is 0.423 e. The highest BCUT2D eigenvalue weighted by atomic mass is 19.2. The van der Waals surface area contributed by atoms with Crippen molar-refractivity contribution in [3.05, 3.63) is 113 Å². The fourth-order valence-electron chi connectivity index (χ4n) is 4.00. The summed E-state index contributed by atoms with van der Waals surface area (Å²) in [6.45, 7) is 1.90. The van der Waals surface area contributed by atoms with Gasteiger partial charge in [0, 0.05) is 16.7 Å². The summed E-state index contributed by atoms with van der Waals surface area (Å²) in [6, 6.07) is 17.3. The second-order valence-electron chi connectivity index (χ2n) is 8.65. The minimum Gasteiger partial charge on any atom is -0.423 e. The maximum atomic E-state index is 15.0. The van der Waals surface area contributed by atoms with Gasteiger partial charge in [0.2, 0.25) is 0 Å². The molecule has 1 aliphatic rings. The Hall–Kier alpha value is -4.01. The summed E-state index contributed by atoms with van der Waals surface area (Å²) in [6.07, 6.45) is -1.19. The highest BCUT2D eigenvalue weighted by Gasteiger charge is 2.31. The Balaban J connectivity index is 1.34. The van der Waals surface area contributed by atoms with Gasteiger partial charge in [-0.05, 0) is 41.8 Å². The number of rotatable bonds is 6. The molecule has 1 saturated heterocycles. The van der Waals surface area contributed by atoms with Crippen molar-refractivity contribution in [1.82, 2.24) is 0 Å². The molecule has 2 atom stereocenters. The highest BCUT2D eigenvalue weighted by Crippen LogP contribution is 2.34. The number of benzene rings is 4. The molecule has 0 saturated carbocycles. The van der Waals surface area contributed by atoms with Crippen LogP contribution in [-0.4, -0.2) is 17.7 Å². The van der Waals surface area contributed by atoms with Crippen LogP contribution in [0, 0.1) is 23.3 Å². The van der Waals surface area contributed by atoms with Crippen LogP contribution in [0.3, 0.4) is 0 Å². The molecule has 1 heterocycles. The van der Waals surface area contributed by atoms with Gasteiger partial charge in [0.1, 0.15) is 11.9 Å². The van der Waals surface area contributed by atoms with Gasteiger partial charge in [-0.3, -0.25) is 0 Å². The second kappa shape index (κ2) is 9.80. The van der Waals surface area contributed by atoms with Crippen molar-refractivity contribution >= 4 is 5.97 Å². The van der Waals surface area contributed by atoms with E-state index >= 15 is 0 Å². The highest BCUT2D eigenvalue weighted by molar-refractivity contribution is 5.91. The summed E-state index contributed by atoms with van der Waals surface area (Å²) in [7, 11) is 0. The lowest BCUT2D eigenvalue weighted by Crippen LogP contribution is -2.12. The van der Waals surface area contributed by atoms with E-state index in [1.807, 2.05) is 0 Å². The van der Waals surface area contributed by atoms with E-state index in [4.69, 9.17) is 9.47 Å². The first-order chi connectivity index (χ1) is 17.7. The molecular formula is C29H20F4O4. The molecule has 1 aliphatic heterocycles. The second-order valence-corrected chi connectivity index (χ2v) is 8.65. The van der Waals surface area contributed by atoms with Crippen LogP contribution in [0.25, 0.3) is 22.3 Å². The smallest absolute Gasteiger partial charge is 0.346 e. The van der Waals surface area contributed by atoms with E-state index in [0.29, 0.717) is 16.7 Å². The van der Waals surface area contributed by atoms with Crippen molar-refractivity contribution in [1.29, 1.82) is 0 Å². The molecule has 0 aromatic heterocycles. The van der Waals surface area contributed by atoms with Crippen molar-refractivity contribution in [3.63, 3.8) is 0 Å². The third kappa shape index (κ3) is 4.85. The first-order valence-corrected chi connectivity index (χ1v) is 11.4. The zero-order valence-corrected chi connectivity index (χ0v) is 19.5. The number of ether oxygens (including phenoxy) is 2. The van der Waals surface area contributed by atoms with Crippen LogP contribution in [0.4, 0.5) is 17.6 Å². The number of carbonyl (C=O) groups excluding carboxylic acids is 1. The minimum absolute atomic E-state index is 0.00859. The van der Waals surface area contributed by atoms with Gasteiger partial charge >= 0.3 is 5.97 Å². The Kier molecular flexibility index (Phi) is 6.54. The van der Waals surface area contributed by atoms with Gasteiger partial charge in [0.25, 0.3) is 0 Å². The lowest BCUT2D eigenvalue weighted by molar-refractivity contribution is 0.0728. The average molecular weight is 508 g/mol. The quantitative estimate of drug-likeness (QED) is 0.133. The molecule has 188 valence electrons. The Morgan fingerprint density at radius 3 is 1.86 bits per heavy atom. The van der Waals surface area contributed by atoms with Gasteiger partial charge in [-0.15, -0.1) is 0 Å². The number of hydrogen-bond donors (Lipinski definition) is 1. The molecule has 4 aromatic rings. The van der Waals surface area contributed by atoms with Crippen LogP contribution in [-0.2, 0) is 4.74 Å². The van der Waals surface area contributed by atoms with Gasteiger partial charge in [0.15, 0.2) is 23.3 Å². The van der Waals surface area contributed by atoms with Crippen LogP contribution >= 0.6 is 0 Å². The van der Waals surface area contributed by atoms with Gasteiger partial charge in [0.05, 0.1) is 18.3 Å². The summed E-state index contributed by atoms with van der Waals surface area (Å²) in [5, 5.41) is 9.63. The van der Waals surface area contributed by atoms with Crippen LogP contribution in [0.5, 0.6) is 5.75 Å². The molecule has 1 fully saturated rings. The third-order valence-corrected chi connectivity index (χ3v) is 6.17. The number of hydrogen-bond acceptors (Lipinski definition) is 4. The predicted molar refractivity (Wildman–Crippen MR) is 128 cm³/mol. The average Bonchev–Trinajstić information content (AvgIpc) is 3.73. The number of esters is 1. The fraction of sp³-hybridized carbons (Fsp3) is 0.138. The fourth-order valence-corrected chi connectivity index (χ4v) is 4.00. The van der Waals surface area contributed by atoms with Crippen molar-refractivity contribution in [2.24, 2.45) is 0 Å². The van der Waals surface area contributed by atoms with Crippen molar-refractivity contribution in [2.75, 3.05) is 6.61 Å².